The van der Waals surface area contributed by atoms with Crippen molar-refractivity contribution in [1.29, 1.82) is 0 Å². The highest BCUT2D eigenvalue weighted by Gasteiger charge is 2.21. The second kappa shape index (κ2) is 9.45. The van der Waals surface area contributed by atoms with Crippen LogP contribution in [0.4, 0.5) is 0 Å². The van der Waals surface area contributed by atoms with Crippen LogP contribution in [0.1, 0.15) is 40.5 Å². The molecule has 3 rings (SSSR count). The molecule has 0 unspecified atom stereocenters. The Hall–Kier alpha value is -2.74. The summed E-state index contributed by atoms with van der Waals surface area (Å²) in [5.41, 5.74) is 1.39. The lowest BCUT2D eigenvalue weighted by Crippen LogP contribution is -2.41. The second-order valence-electron chi connectivity index (χ2n) is 7.20. The molecular weight excluding hydrogens is 358 g/mol. The van der Waals surface area contributed by atoms with Gasteiger partial charge in [-0.2, -0.15) is 0 Å². The summed E-state index contributed by atoms with van der Waals surface area (Å²) in [4.78, 5) is 34.6. The molecule has 150 valence electrons. The molecule has 2 aromatic rings. The number of oxazole rings is 1. The van der Waals surface area contributed by atoms with E-state index in [2.05, 4.69) is 25.5 Å². The molecule has 0 atom stereocenters. The molecule has 8 heteroatoms. The number of carbonyl (C=O) groups is 2. The maximum absolute atomic E-state index is 12.0. The van der Waals surface area contributed by atoms with Crippen molar-refractivity contribution in [3.8, 4) is 0 Å². The molecule has 8 nitrogen and oxygen atoms in total. The summed E-state index contributed by atoms with van der Waals surface area (Å²) in [6.07, 6.45) is 5.10. The number of hydrogen-bond donors (Lipinski definition) is 2. The van der Waals surface area contributed by atoms with Gasteiger partial charge in [0.25, 0.3) is 5.91 Å². The number of pyridine rings is 1. The van der Waals surface area contributed by atoms with Crippen LogP contribution < -0.4 is 10.6 Å². The number of aryl methyl sites for hydroxylation is 2. The van der Waals surface area contributed by atoms with E-state index in [9.17, 15) is 9.59 Å². The number of likely N-dealkylation sites (tertiary alicyclic amines) is 1. The predicted octanol–water partition coefficient (Wildman–Crippen LogP) is 1.44. The fraction of sp³-hybridized carbons (Fsp3) is 0.500. The van der Waals surface area contributed by atoms with E-state index in [4.69, 9.17) is 4.42 Å². The highest BCUT2D eigenvalue weighted by molar-refractivity contribution is 5.96. The molecule has 2 amide bonds. The molecule has 3 heterocycles. The van der Waals surface area contributed by atoms with E-state index in [1.54, 1.807) is 18.3 Å². The van der Waals surface area contributed by atoms with E-state index >= 15 is 0 Å². The zero-order chi connectivity index (χ0) is 19.9. The number of nitrogens with one attached hydrogen (secondary N) is 2. The molecule has 1 saturated heterocycles. The van der Waals surface area contributed by atoms with Gasteiger partial charge in [-0.1, -0.05) is 0 Å². The van der Waals surface area contributed by atoms with Crippen molar-refractivity contribution in [1.82, 2.24) is 25.5 Å². The Morgan fingerprint density at radius 1 is 1.25 bits per heavy atom. The predicted molar refractivity (Wildman–Crippen MR) is 104 cm³/mol. The summed E-state index contributed by atoms with van der Waals surface area (Å²) >= 11 is 0. The van der Waals surface area contributed by atoms with Gasteiger partial charge in [0, 0.05) is 18.9 Å². The molecule has 0 radical (unpaired) electrons. The first-order chi connectivity index (χ1) is 13.5. The lowest BCUT2D eigenvalue weighted by Gasteiger charge is -2.31. The van der Waals surface area contributed by atoms with Crippen LogP contribution in [0.25, 0.3) is 0 Å². The van der Waals surface area contributed by atoms with Crippen LogP contribution in [0.5, 0.6) is 0 Å². The Kier molecular flexibility index (Phi) is 6.76. The number of carbonyl (C=O) groups excluding carboxylic acids is 2. The first-order valence-corrected chi connectivity index (χ1v) is 9.61. The van der Waals surface area contributed by atoms with Crippen molar-refractivity contribution in [2.24, 2.45) is 5.92 Å². The van der Waals surface area contributed by atoms with Crippen LogP contribution in [0.2, 0.25) is 0 Å². The van der Waals surface area contributed by atoms with Gasteiger partial charge in [-0.05, 0) is 57.8 Å². The van der Waals surface area contributed by atoms with E-state index in [0.29, 0.717) is 18.0 Å². The third-order valence-corrected chi connectivity index (χ3v) is 5.06. The van der Waals surface area contributed by atoms with Crippen molar-refractivity contribution in [3.05, 3.63) is 47.4 Å². The molecule has 0 aliphatic carbocycles. The lowest BCUT2D eigenvalue weighted by molar-refractivity contribution is -0.120. The van der Waals surface area contributed by atoms with Gasteiger partial charge in [0.1, 0.15) is 5.76 Å². The van der Waals surface area contributed by atoms with E-state index in [1.165, 1.54) is 6.20 Å². The lowest BCUT2D eigenvalue weighted by atomic mass is 9.97. The zero-order valence-electron chi connectivity index (χ0n) is 16.4. The maximum atomic E-state index is 12.0. The van der Waals surface area contributed by atoms with Crippen LogP contribution in [-0.4, -0.2) is 52.9 Å². The number of hydrogen-bond acceptors (Lipinski definition) is 6. The van der Waals surface area contributed by atoms with E-state index < -0.39 is 0 Å². The topological polar surface area (TPSA) is 100 Å². The van der Waals surface area contributed by atoms with Gasteiger partial charge in [-0.15, -0.1) is 0 Å². The summed E-state index contributed by atoms with van der Waals surface area (Å²) in [7, 11) is 0. The highest BCUT2D eigenvalue weighted by atomic mass is 16.4. The molecule has 0 spiro atoms. The third kappa shape index (κ3) is 5.63. The summed E-state index contributed by atoms with van der Waals surface area (Å²) < 4.78 is 5.65. The van der Waals surface area contributed by atoms with Crippen molar-refractivity contribution < 1.29 is 14.0 Å². The van der Waals surface area contributed by atoms with Gasteiger partial charge in [0.2, 0.25) is 11.8 Å². The molecule has 1 fully saturated rings. The van der Waals surface area contributed by atoms with E-state index in [1.807, 2.05) is 13.8 Å². The van der Waals surface area contributed by atoms with Crippen LogP contribution in [-0.2, 0) is 11.3 Å². The van der Waals surface area contributed by atoms with Gasteiger partial charge in [0.15, 0.2) is 0 Å². The van der Waals surface area contributed by atoms with Gasteiger partial charge in [0.05, 0.1) is 24.3 Å². The first-order valence-electron chi connectivity index (χ1n) is 9.61. The van der Waals surface area contributed by atoms with Crippen LogP contribution in [0.15, 0.2) is 28.9 Å². The smallest absolute Gasteiger partial charge is 0.253 e. The summed E-state index contributed by atoms with van der Waals surface area (Å²) in [5, 5.41) is 5.53. The Bertz CT molecular complexity index is 778. The standard InChI is InChI=1S/C20H27N5O3/c1-14-15(2)28-19(24-14)13-25-8-5-16(6-9-25)10-22-18(26)12-23-20(27)17-4-3-7-21-11-17/h3-4,7,11,16H,5-6,8-10,12-13H2,1-2H3,(H,22,26)(H,23,27). The third-order valence-electron chi connectivity index (χ3n) is 5.06. The summed E-state index contributed by atoms with van der Waals surface area (Å²) in [6.45, 7) is 7.13. The monoisotopic (exact) mass is 385 g/mol. The molecule has 0 aromatic carbocycles. The van der Waals surface area contributed by atoms with Crippen molar-refractivity contribution >= 4 is 11.8 Å². The molecule has 1 aliphatic rings. The van der Waals surface area contributed by atoms with Crippen LogP contribution >= 0.6 is 0 Å². The van der Waals surface area contributed by atoms with Gasteiger partial charge >= 0.3 is 0 Å². The van der Waals surface area contributed by atoms with Crippen LogP contribution in [0.3, 0.4) is 0 Å². The first kappa shape index (κ1) is 20.0. The Labute approximate surface area is 164 Å². The minimum Gasteiger partial charge on any atom is -0.444 e. The number of nitrogens with zero attached hydrogens (tertiary/aromatic N) is 3. The fourth-order valence-corrected chi connectivity index (χ4v) is 3.23. The Morgan fingerprint density at radius 3 is 2.68 bits per heavy atom. The number of piperidine rings is 1. The second-order valence-corrected chi connectivity index (χ2v) is 7.20. The highest BCUT2D eigenvalue weighted by Crippen LogP contribution is 2.19. The van der Waals surface area contributed by atoms with Crippen molar-refractivity contribution in [2.75, 3.05) is 26.2 Å². The Balaban J connectivity index is 1.32. The molecule has 2 aromatic heterocycles. The van der Waals surface area contributed by atoms with Crippen LogP contribution in [0, 0.1) is 19.8 Å². The average Bonchev–Trinajstić information content (AvgIpc) is 3.03. The SMILES string of the molecule is Cc1nc(CN2CCC(CNC(=O)CNC(=O)c3cccnc3)CC2)oc1C. The normalized spacial score (nSPS) is 15.4. The summed E-state index contributed by atoms with van der Waals surface area (Å²) in [6, 6.07) is 3.35. The number of amides is 2. The maximum Gasteiger partial charge on any atom is 0.253 e. The zero-order valence-corrected chi connectivity index (χ0v) is 16.4. The number of rotatable bonds is 7. The molecule has 0 saturated carbocycles. The van der Waals surface area contributed by atoms with Crippen molar-refractivity contribution in [3.63, 3.8) is 0 Å². The molecule has 2 N–H and O–H groups in total. The average molecular weight is 385 g/mol. The van der Waals surface area contributed by atoms with Gasteiger partial charge < -0.3 is 15.1 Å². The quantitative estimate of drug-likeness (QED) is 0.748. The largest absolute Gasteiger partial charge is 0.444 e. The molecule has 28 heavy (non-hydrogen) atoms. The Morgan fingerprint density at radius 2 is 2.04 bits per heavy atom. The fourth-order valence-electron chi connectivity index (χ4n) is 3.23. The summed E-state index contributed by atoms with van der Waals surface area (Å²) in [5.74, 6) is 1.62. The minimum atomic E-state index is -0.298. The number of aromatic nitrogens is 2. The van der Waals surface area contributed by atoms with Crippen molar-refractivity contribution in [2.45, 2.75) is 33.2 Å². The van der Waals surface area contributed by atoms with Gasteiger partial charge in [-0.25, -0.2) is 4.98 Å². The minimum absolute atomic E-state index is 0.0323. The molecular formula is C20H27N5O3. The molecule has 1 aliphatic heterocycles. The molecule has 0 bridgehead atoms. The van der Waals surface area contributed by atoms with E-state index in [0.717, 1.165) is 49.8 Å². The van der Waals surface area contributed by atoms with E-state index in [-0.39, 0.29) is 18.4 Å². The van der Waals surface area contributed by atoms with Gasteiger partial charge in [-0.3, -0.25) is 19.5 Å².